The maximum absolute atomic E-state index is 12.9. The molecule has 2 N–H and O–H groups in total. The lowest BCUT2D eigenvalue weighted by molar-refractivity contribution is -0.116. The predicted molar refractivity (Wildman–Crippen MR) is 112 cm³/mol. The molecule has 0 aliphatic carbocycles. The van der Waals surface area contributed by atoms with E-state index >= 15 is 0 Å². The molecular weight excluding hydrogens is 418 g/mol. The number of benzene rings is 1. The highest BCUT2D eigenvalue weighted by atomic mass is 35.5. The minimum absolute atomic E-state index is 0.00687. The fourth-order valence-electron chi connectivity index (χ4n) is 2.92. The smallest absolute Gasteiger partial charge is 0.337 e. The van der Waals surface area contributed by atoms with Crippen molar-refractivity contribution in [3.63, 3.8) is 0 Å². The SMILES string of the molecule is CCc1nc2scc(C(=O)O)c2c(=O)n1CC(=O)Nc1cc(C)c(Cl)cc1OC. The van der Waals surface area contributed by atoms with Gasteiger partial charge in [0.05, 0.1) is 23.7 Å². The molecule has 0 spiro atoms. The van der Waals surface area contributed by atoms with Crippen molar-refractivity contribution >= 4 is 50.7 Å². The Kier molecular flexibility index (Phi) is 5.90. The van der Waals surface area contributed by atoms with E-state index in [2.05, 4.69) is 10.3 Å². The highest BCUT2D eigenvalue weighted by Gasteiger charge is 2.20. The summed E-state index contributed by atoms with van der Waals surface area (Å²) >= 11 is 7.17. The van der Waals surface area contributed by atoms with Crippen molar-refractivity contribution in [2.45, 2.75) is 26.8 Å². The summed E-state index contributed by atoms with van der Waals surface area (Å²) in [5.74, 6) is -0.904. The normalized spacial score (nSPS) is 10.9. The van der Waals surface area contributed by atoms with Gasteiger partial charge in [-0.15, -0.1) is 11.3 Å². The van der Waals surface area contributed by atoms with Gasteiger partial charge in [-0.25, -0.2) is 9.78 Å². The standard InChI is InChI=1S/C19H18ClN3O5S/c1-4-14-22-17-16(10(8-29-17)19(26)27)18(25)23(14)7-15(24)21-12-5-9(2)11(20)6-13(12)28-3/h5-6,8H,4,7H2,1-3H3,(H,21,24)(H,26,27). The van der Waals surface area contributed by atoms with Gasteiger partial charge in [0.2, 0.25) is 5.91 Å². The number of anilines is 1. The summed E-state index contributed by atoms with van der Waals surface area (Å²) in [5.41, 5.74) is 0.497. The highest BCUT2D eigenvalue weighted by Crippen LogP contribution is 2.31. The number of halogens is 1. The number of hydrogen-bond donors (Lipinski definition) is 2. The van der Waals surface area contributed by atoms with Crippen LogP contribution >= 0.6 is 22.9 Å². The number of methoxy groups -OCH3 is 1. The van der Waals surface area contributed by atoms with Crippen LogP contribution < -0.4 is 15.6 Å². The van der Waals surface area contributed by atoms with Gasteiger partial charge in [0.15, 0.2) is 0 Å². The number of aromatic carboxylic acids is 1. The van der Waals surface area contributed by atoms with E-state index in [-0.39, 0.29) is 17.5 Å². The Labute approximate surface area is 174 Å². The van der Waals surface area contributed by atoms with Crippen LogP contribution in [0.5, 0.6) is 5.75 Å². The number of carbonyl (C=O) groups excluding carboxylic acids is 1. The Morgan fingerprint density at radius 1 is 1.38 bits per heavy atom. The molecule has 0 radical (unpaired) electrons. The zero-order valence-electron chi connectivity index (χ0n) is 15.9. The molecule has 1 aromatic carbocycles. The van der Waals surface area contributed by atoms with Crippen LogP contribution in [0.25, 0.3) is 10.2 Å². The summed E-state index contributed by atoms with van der Waals surface area (Å²) in [6.07, 6.45) is 0.405. The van der Waals surface area contributed by atoms with Gasteiger partial charge in [0.1, 0.15) is 22.9 Å². The number of aryl methyl sites for hydroxylation is 2. The lowest BCUT2D eigenvalue weighted by atomic mass is 10.2. The van der Waals surface area contributed by atoms with Gasteiger partial charge in [-0.05, 0) is 18.6 Å². The summed E-state index contributed by atoms with van der Waals surface area (Å²) < 4.78 is 6.45. The Hall–Kier alpha value is -2.91. The van der Waals surface area contributed by atoms with E-state index in [9.17, 15) is 19.5 Å². The first-order chi connectivity index (χ1) is 13.8. The van der Waals surface area contributed by atoms with E-state index in [1.54, 1.807) is 26.0 Å². The van der Waals surface area contributed by atoms with Crippen LogP contribution in [0.2, 0.25) is 5.02 Å². The van der Waals surface area contributed by atoms with Gasteiger partial charge in [-0.2, -0.15) is 0 Å². The van der Waals surface area contributed by atoms with Crippen molar-refractivity contribution in [1.82, 2.24) is 9.55 Å². The number of rotatable bonds is 6. The summed E-state index contributed by atoms with van der Waals surface area (Å²) in [6.45, 7) is 3.28. The number of carboxylic acid groups (broad SMARTS) is 1. The number of carbonyl (C=O) groups is 2. The maximum atomic E-state index is 12.9. The van der Waals surface area contributed by atoms with Crippen molar-refractivity contribution in [2.75, 3.05) is 12.4 Å². The van der Waals surface area contributed by atoms with Crippen molar-refractivity contribution in [3.8, 4) is 5.75 Å². The highest BCUT2D eigenvalue weighted by molar-refractivity contribution is 7.17. The summed E-state index contributed by atoms with van der Waals surface area (Å²) in [5, 5.41) is 13.9. The molecule has 10 heteroatoms. The lowest BCUT2D eigenvalue weighted by Crippen LogP contribution is -2.31. The van der Waals surface area contributed by atoms with Gasteiger partial charge in [-0.1, -0.05) is 18.5 Å². The minimum atomic E-state index is -1.21. The van der Waals surface area contributed by atoms with Crippen LogP contribution in [0.1, 0.15) is 28.7 Å². The van der Waals surface area contributed by atoms with Crippen molar-refractivity contribution in [1.29, 1.82) is 0 Å². The number of amides is 1. The molecule has 1 amide bonds. The zero-order valence-corrected chi connectivity index (χ0v) is 17.5. The van der Waals surface area contributed by atoms with Crippen LogP contribution in [-0.2, 0) is 17.8 Å². The summed E-state index contributed by atoms with van der Waals surface area (Å²) in [6, 6.07) is 3.26. The van der Waals surface area contributed by atoms with Crippen LogP contribution in [-0.4, -0.2) is 33.6 Å². The molecule has 0 saturated carbocycles. The third kappa shape index (κ3) is 3.96. The molecular formula is C19H18ClN3O5S. The second kappa shape index (κ2) is 8.22. The van der Waals surface area contributed by atoms with E-state index in [1.807, 2.05) is 0 Å². The molecule has 29 heavy (non-hydrogen) atoms. The Morgan fingerprint density at radius 2 is 2.10 bits per heavy atom. The fraction of sp³-hybridized carbons (Fsp3) is 0.263. The lowest BCUT2D eigenvalue weighted by Gasteiger charge is -2.14. The Morgan fingerprint density at radius 3 is 2.72 bits per heavy atom. The molecule has 0 aliphatic heterocycles. The molecule has 3 aromatic rings. The molecule has 0 atom stereocenters. The van der Waals surface area contributed by atoms with E-state index < -0.39 is 17.4 Å². The number of aromatic nitrogens is 2. The number of hydrogen-bond acceptors (Lipinski definition) is 6. The van der Waals surface area contributed by atoms with Crippen LogP contribution in [0, 0.1) is 6.92 Å². The average Bonchev–Trinajstić information content (AvgIpc) is 3.11. The molecule has 0 unspecified atom stereocenters. The number of fused-ring (bicyclic) bond motifs is 1. The Bertz CT molecular complexity index is 1180. The van der Waals surface area contributed by atoms with Crippen LogP contribution in [0.4, 0.5) is 5.69 Å². The third-order valence-corrected chi connectivity index (χ3v) is 5.66. The maximum Gasteiger partial charge on any atom is 0.337 e. The first-order valence-corrected chi connectivity index (χ1v) is 9.90. The zero-order chi connectivity index (χ0) is 21.3. The van der Waals surface area contributed by atoms with Crippen molar-refractivity contribution in [3.05, 3.63) is 49.8 Å². The van der Waals surface area contributed by atoms with E-state index in [4.69, 9.17) is 16.3 Å². The second-order valence-electron chi connectivity index (χ2n) is 6.26. The molecule has 2 aromatic heterocycles. The largest absolute Gasteiger partial charge is 0.495 e. The molecule has 2 heterocycles. The number of thiophene rings is 1. The van der Waals surface area contributed by atoms with Crippen molar-refractivity contribution in [2.24, 2.45) is 0 Å². The molecule has 0 aliphatic rings. The topological polar surface area (TPSA) is 111 Å². The third-order valence-electron chi connectivity index (χ3n) is 4.38. The van der Waals surface area contributed by atoms with Gasteiger partial charge in [-0.3, -0.25) is 14.2 Å². The number of nitrogens with zero attached hydrogens (tertiary/aromatic N) is 2. The van der Waals surface area contributed by atoms with Crippen LogP contribution in [0.15, 0.2) is 22.3 Å². The molecule has 0 fully saturated rings. The Balaban J connectivity index is 1.99. The molecule has 0 bridgehead atoms. The van der Waals surface area contributed by atoms with E-state index in [0.29, 0.717) is 33.5 Å². The predicted octanol–water partition coefficient (Wildman–Crippen LogP) is 3.33. The van der Waals surface area contributed by atoms with Crippen LogP contribution in [0.3, 0.4) is 0 Å². The molecule has 0 saturated heterocycles. The molecule has 3 rings (SSSR count). The summed E-state index contributed by atoms with van der Waals surface area (Å²) in [7, 11) is 1.46. The molecule has 8 nitrogen and oxygen atoms in total. The first-order valence-electron chi connectivity index (χ1n) is 8.65. The fourth-order valence-corrected chi connectivity index (χ4v) is 3.99. The van der Waals surface area contributed by atoms with E-state index in [1.165, 1.54) is 17.1 Å². The summed E-state index contributed by atoms with van der Waals surface area (Å²) in [4.78, 5) is 41.7. The number of ether oxygens (including phenoxy) is 1. The van der Waals surface area contributed by atoms with E-state index in [0.717, 1.165) is 16.9 Å². The monoisotopic (exact) mass is 435 g/mol. The molecule has 152 valence electrons. The van der Waals surface area contributed by atoms with Gasteiger partial charge in [0.25, 0.3) is 5.56 Å². The van der Waals surface area contributed by atoms with Gasteiger partial charge >= 0.3 is 5.97 Å². The van der Waals surface area contributed by atoms with Gasteiger partial charge in [0, 0.05) is 22.9 Å². The quantitative estimate of drug-likeness (QED) is 0.614. The second-order valence-corrected chi connectivity index (χ2v) is 7.52. The minimum Gasteiger partial charge on any atom is -0.495 e. The average molecular weight is 436 g/mol. The first kappa shape index (κ1) is 20.8. The number of nitrogens with one attached hydrogen (secondary N) is 1. The number of carboxylic acids is 1. The van der Waals surface area contributed by atoms with Gasteiger partial charge < -0.3 is 15.2 Å². The van der Waals surface area contributed by atoms with Crippen molar-refractivity contribution < 1.29 is 19.4 Å².